The molecular weight excluding hydrogens is 334 g/mol. The van der Waals surface area contributed by atoms with E-state index in [-0.39, 0.29) is 6.04 Å². The lowest BCUT2D eigenvalue weighted by Crippen LogP contribution is -2.39. The second kappa shape index (κ2) is 5.61. The molecule has 0 bridgehead atoms. The third-order valence-corrected chi connectivity index (χ3v) is 6.95. The first-order valence-corrected chi connectivity index (χ1v) is 9.24. The maximum absolute atomic E-state index is 12.2. The molecule has 1 heterocycles. The molecule has 0 radical (unpaired) electrons. The monoisotopic (exact) mass is 351 g/mol. The smallest absolute Gasteiger partial charge is 0.207 e. The van der Waals surface area contributed by atoms with Crippen molar-refractivity contribution in [3.63, 3.8) is 0 Å². The zero-order valence-corrected chi connectivity index (χ0v) is 13.7. The van der Waals surface area contributed by atoms with Crippen LogP contribution in [0.1, 0.15) is 33.1 Å². The van der Waals surface area contributed by atoms with Crippen LogP contribution in [0.5, 0.6) is 0 Å². The summed E-state index contributed by atoms with van der Waals surface area (Å²) in [6.45, 7) is 4.39. The highest BCUT2D eigenvalue weighted by molar-refractivity contribution is 9.11. The largest absolute Gasteiger partial charge is 0.250 e. The number of hydrogen-bond acceptors (Lipinski definition) is 3. The van der Waals surface area contributed by atoms with Gasteiger partial charge in [-0.2, -0.15) is 0 Å². The number of hydrogen-bond donors (Lipinski definition) is 1. The fourth-order valence-electron chi connectivity index (χ4n) is 2.76. The zero-order chi connectivity index (χ0) is 13.3. The van der Waals surface area contributed by atoms with Crippen LogP contribution < -0.4 is 4.72 Å². The van der Waals surface area contributed by atoms with Crippen molar-refractivity contribution < 1.29 is 8.42 Å². The topological polar surface area (TPSA) is 46.2 Å². The number of rotatable bonds is 3. The molecule has 102 valence electrons. The first-order chi connectivity index (χ1) is 8.37. The van der Waals surface area contributed by atoms with Gasteiger partial charge in [0.05, 0.1) is 3.79 Å². The summed E-state index contributed by atoms with van der Waals surface area (Å²) >= 11 is 4.55. The Labute approximate surface area is 121 Å². The Morgan fingerprint density at radius 3 is 2.33 bits per heavy atom. The molecule has 2 unspecified atom stereocenters. The average molecular weight is 352 g/mol. The molecular formula is C12H18BrNO2S2. The van der Waals surface area contributed by atoms with Gasteiger partial charge in [0.15, 0.2) is 0 Å². The lowest BCUT2D eigenvalue weighted by Gasteiger charge is -2.31. The van der Waals surface area contributed by atoms with Gasteiger partial charge in [-0.3, -0.25) is 0 Å². The minimum atomic E-state index is -3.35. The van der Waals surface area contributed by atoms with Crippen LogP contribution in [0, 0.1) is 11.8 Å². The summed E-state index contributed by atoms with van der Waals surface area (Å²) in [5.41, 5.74) is 0. The molecule has 6 heteroatoms. The van der Waals surface area contributed by atoms with E-state index in [0.717, 1.165) is 16.6 Å². The van der Waals surface area contributed by atoms with E-state index in [1.807, 2.05) is 0 Å². The molecule has 0 aliphatic heterocycles. The van der Waals surface area contributed by atoms with Crippen LogP contribution in [0.15, 0.2) is 20.1 Å². The van der Waals surface area contributed by atoms with Crippen LogP contribution in [-0.2, 0) is 10.0 Å². The van der Waals surface area contributed by atoms with Gasteiger partial charge in [0.2, 0.25) is 10.0 Å². The van der Waals surface area contributed by atoms with E-state index in [2.05, 4.69) is 34.5 Å². The van der Waals surface area contributed by atoms with E-state index in [1.165, 1.54) is 17.8 Å². The fraction of sp³-hybridized carbons (Fsp3) is 0.667. The molecule has 18 heavy (non-hydrogen) atoms. The van der Waals surface area contributed by atoms with Gasteiger partial charge in [-0.05, 0) is 59.2 Å². The van der Waals surface area contributed by atoms with Crippen molar-refractivity contribution in [3.05, 3.63) is 15.9 Å². The summed E-state index contributed by atoms with van der Waals surface area (Å²) in [5.74, 6) is 1.19. The lowest BCUT2D eigenvalue weighted by atomic mass is 9.81. The predicted molar refractivity (Wildman–Crippen MR) is 78.3 cm³/mol. The van der Waals surface area contributed by atoms with Crippen molar-refractivity contribution in [2.24, 2.45) is 11.8 Å². The van der Waals surface area contributed by atoms with Gasteiger partial charge in [0.1, 0.15) is 4.21 Å². The molecule has 1 aliphatic rings. The Hall–Kier alpha value is 0.0900. The lowest BCUT2D eigenvalue weighted by molar-refractivity contribution is 0.258. The predicted octanol–water partition coefficient (Wildman–Crippen LogP) is 3.61. The number of thiophene rings is 1. The second-order valence-electron chi connectivity index (χ2n) is 5.29. The molecule has 3 nitrogen and oxygen atoms in total. The summed E-state index contributed by atoms with van der Waals surface area (Å²) in [5, 5.41) is 0. The van der Waals surface area contributed by atoms with Crippen LogP contribution in [0.4, 0.5) is 0 Å². The Morgan fingerprint density at radius 2 is 1.83 bits per heavy atom. The number of nitrogens with one attached hydrogen (secondary N) is 1. The summed E-state index contributed by atoms with van der Waals surface area (Å²) in [7, 11) is -3.35. The molecule has 1 aromatic rings. The Balaban J connectivity index is 2.08. The first-order valence-electron chi connectivity index (χ1n) is 6.14. The maximum atomic E-state index is 12.2. The zero-order valence-electron chi connectivity index (χ0n) is 10.5. The summed E-state index contributed by atoms with van der Waals surface area (Å²) < 4.78 is 28.5. The molecule has 1 saturated carbocycles. The van der Waals surface area contributed by atoms with E-state index < -0.39 is 10.0 Å². The standard InChI is InChI=1S/C12H18BrNO2S2/c1-8-5-9(2)7-10(6-8)14-18(15,16)12-4-3-11(13)17-12/h3-4,8-10,14H,5-7H2,1-2H3. The van der Waals surface area contributed by atoms with E-state index in [0.29, 0.717) is 16.0 Å². The summed E-state index contributed by atoms with van der Waals surface area (Å²) in [4.78, 5) is 0. The van der Waals surface area contributed by atoms with Crippen molar-refractivity contribution >= 4 is 37.3 Å². The van der Waals surface area contributed by atoms with Crippen molar-refractivity contribution in [1.82, 2.24) is 4.72 Å². The van der Waals surface area contributed by atoms with Gasteiger partial charge < -0.3 is 0 Å². The quantitative estimate of drug-likeness (QED) is 0.903. The van der Waals surface area contributed by atoms with Gasteiger partial charge in [-0.1, -0.05) is 13.8 Å². The van der Waals surface area contributed by atoms with Crippen molar-refractivity contribution in [1.29, 1.82) is 0 Å². The van der Waals surface area contributed by atoms with E-state index in [4.69, 9.17) is 0 Å². The molecule has 1 aliphatic carbocycles. The number of sulfonamides is 1. The summed E-state index contributed by atoms with van der Waals surface area (Å²) in [6.07, 6.45) is 3.08. The number of halogens is 1. The molecule has 1 fully saturated rings. The minimum absolute atomic E-state index is 0.0784. The van der Waals surface area contributed by atoms with Gasteiger partial charge in [-0.15, -0.1) is 11.3 Å². The molecule has 0 spiro atoms. The van der Waals surface area contributed by atoms with Crippen molar-refractivity contribution in [3.8, 4) is 0 Å². The van der Waals surface area contributed by atoms with Crippen LogP contribution in [0.25, 0.3) is 0 Å². The van der Waals surface area contributed by atoms with E-state index in [9.17, 15) is 8.42 Å². The molecule has 0 aromatic carbocycles. The van der Waals surface area contributed by atoms with Gasteiger partial charge >= 0.3 is 0 Å². The Kier molecular flexibility index (Phi) is 4.52. The highest BCUT2D eigenvalue weighted by Crippen LogP contribution is 2.31. The second-order valence-corrected chi connectivity index (χ2v) is 9.70. The minimum Gasteiger partial charge on any atom is -0.207 e. The normalized spacial score (nSPS) is 29.4. The van der Waals surface area contributed by atoms with Crippen molar-refractivity contribution in [2.45, 2.75) is 43.4 Å². The van der Waals surface area contributed by atoms with Crippen LogP contribution in [-0.4, -0.2) is 14.5 Å². The molecule has 0 saturated heterocycles. The SMILES string of the molecule is CC1CC(C)CC(NS(=O)(=O)c2ccc(Br)s2)C1. The molecule has 2 rings (SSSR count). The molecule has 1 aromatic heterocycles. The van der Waals surface area contributed by atoms with Crippen molar-refractivity contribution in [2.75, 3.05) is 0 Å². The third kappa shape index (κ3) is 3.56. The third-order valence-electron chi connectivity index (χ3n) is 3.31. The highest BCUT2D eigenvalue weighted by atomic mass is 79.9. The van der Waals surface area contributed by atoms with Gasteiger partial charge in [0, 0.05) is 6.04 Å². The fourth-order valence-corrected chi connectivity index (χ4v) is 6.05. The molecule has 0 amide bonds. The van der Waals surface area contributed by atoms with E-state index >= 15 is 0 Å². The molecule has 1 N–H and O–H groups in total. The summed E-state index contributed by atoms with van der Waals surface area (Å²) in [6, 6.07) is 3.49. The molecule has 2 atom stereocenters. The van der Waals surface area contributed by atoms with E-state index in [1.54, 1.807) is 12.1 Å². The Morgan fingerprint density at radius 1 is 1.22 bits per heavy atom. The van der Waals surface area contributed by atoms with Crippen LogP contribution in [0.2, 0.25) is 0 Å². The maximum Gasteiger partial charge on any atom is 0.250 e. The van der Waals surface area contributed by atoms with Crippen LogP contribution >= 0.6 is 27.3 Å². The van der Waals surface area contributed by atoms with Gasteiger partial charge in [-0.25, -0.2) is 13.1 Å². The average Bonchev–Trinajstić information content (AvgIpc) is 2.62. The van der Waals surface area contributed by atoms with Crippen LogP contribution in [0.3, 0.4) is 0 Å². The first kappa shape index (κ1) is 14.5. The van der Waals surface area contributed by atoms with Gasteiger partial charge in [0.25, 0.3) is 0 Å². The Bertz CT molecular complexity index is 502. The highest BCUT2D eigenvalue weighted by Gasteiger charge is 2.28.